The highest BCUT2D eigenvalue weighted by Gasteiger charge is 2.53. The zero-order chi connectivity index (χ0) is 52.7. The van der Waals surface area contributed by atoms with Gasteiger partial charge in [-0.1, -0.05) is 38.7 Å². The Labute approximate surface area is 422 Å². The molecule has 0 bridgehead atoms. The van der Waals surface area contributed by atoms with Gasteiger partial charge in [-0.3, -0.25) is 14.2 Å². The van der Waals surface area contributed by atoms with Crippen LogP contribution in [0, 0.1) is 36.5 Å². The number of rotatable bonds is 12. The van der Waals surface area contributed by atoms with Crippen molar-refractivity contribution in [2.24, 2.45) is 17.8 Å². The van der Waals surface area contributed by atoms with E-state index in [9.17, 15) is 35.1 Å². The number of carbonyl (C=O) groups is 1. The highest BCUT2D eigenvalue weighted by Crippen LogP contribution is 2.40. The molecule has 0 radical (unpaired) electrons. The minimum absolute atomic E-state index is 0.0906. The van der Waals surface area contributed by atoms with Gasteiger partial charge in [0, 0.05) is 68.0 Å². The van der Waals surface area contributed by atoms with Gasteiger partial charge in [0.2, 0.25) is 0 Å². The fraction of sp³-hybridized carbons (Fsp3) is 0.745. The number of cyclic esters (lactones) is 1. The number of esters is 1. The number of ether oxygens (including phenoxy) is 6. The Morgan fingerprint density at radius 2 is 1.58 bits per heavy atom. The Morgan fingerprint density at radius 1 is 0.901 bits per heavy atom. The summed E-state index contributed by atoms with van der Waals surface area (Å²) in [5.41, 5.74) is -1.95. The maximum Gasteiger partial charge on any atom is 0.311 e. The van der Waals surface area contributed by atoms with Crippen LogP contribution < -0.4 is 5.56 Å². The van der Waals surface area contributed by atoms with E-state index in [4.69, 9.17) is 28.4 Å². The maximum atomic E-state index is 14.5. The maximum absolute atomic E-state index is 14.5. The van der Waals surface area contributed by atoms with Crippen molar-refractivity contribution >= 4 is 5.97 Å². The van der Waals surface area contributed by atoms with Crippen LogP contribution in [0.25, 0.3) is 5.69 Å². The van der Waals surface area contributed by atoms with E-state index in [1.165, 1.54) is 14.0 Å². The molecule has 2 aromatic rings. The minimum atomic E-state index is -1.83. The zero-order valence-electron chi connectivity index (χ0n) is 44.9. The van der Waals surface area contributed by atoms with E-state index < -0.39 is 96.0 Å². The smallest absolute Gasteiger partial charge is 0.311 e. The van der Waals surface area contributed by atoms with E-state index in [0.29, 0.717) is 25.9 Å². The van der Waals surface area contributed by atoms with Gasteiger partial charge in [-0.05, 0) is 144 Å². The van der Waals surface area contributed by atoms with E-state index in [1.54, 1.807) is 58.2 Å². The number of aromatic nitrogens is 1. The van der Waals surface area contributed by atoms with Crippen LogP contribution in [-0.4, -0.2) is 170 Å². The lowest BCUT2D eigenvalue weighted by molar-refractivity contribution is -0.318. The van der Waals surface area contributed by atoms with Crippen LogP contribution in [0.2, 0.25) is 0 Å². The molecule has 0 unspecified atom stereocenters. The number of unbranched alkanes of at least 4 members (excludes halogenated alkanes) is 2. The molecule has 4 heterocycles. The van der Waals surface area contributed by atoms with Crippen molar-refractivity contribution in [3.05, 3.63) is 64.1 Å². The predicted octanol–water partition coefficient (Wildman–Crippen LogP) is 4.95. The molecular weight excluding hydrogens is 911 g/mol. The average molecular weight is 998 g/mol. The SMILES string of the molecule is CC[C@H]1OC(=O)[C@H](C)[C@@H](O[C@H]2C[C@@](C)(OC)[C@@H](O)[C@H](C)O2)[C@H](C)[C@@H](O[C@@H]2O[C@H](C)C[C@H](N(C)CCCCC#Cc3ccc(-n4cc(C)ccc4=O)cc3)[C@H]2O)[C@](C)(O)C[C@@H](C)CN(C)[C@H](C)[C@@H](O)[C@]1(C)O. The molecule has 16 nitrogen and oxygen atoms in total. The van der Waals surface area contributed by atoms with Gasteiger partial charge < -0.3 is 63.8 Å². The number of likely N-dealkylation sites (N-methyl/N-ethyl adjacent to an activating group) is 2. The number of pyridine rings is 1. The van der Waals surface area contributed by atoms with Crippen LogP contribution >= 0.6 is 0 Å². The summed E-state index contributed by atoms with van der Waals surface area (Å²) in [7, 11) is 5.33. The lowest BCUT2D eigenvalue weighted by atomic mass is 9.77. The van der Waals surface area contributed by atoms with E-state index in [1.807, 2.05) is 77.2 Å². The Hall–Kier alpha value is -3.28. The van der Waals surface area contributed by atoms with Gasteiger partial charge in [0.15, 0.2) is 12.6 Å². The quantitative estimate of drug-likeness (QED) is 0.109. The molecule has 3 aliphatic rings. The molecule has 1 aromatic heterocycles. The number of aliphatic hydroxyl groups is 5. The lowest BCUT2D eigenvalue weighted by Crippen LogP contribution is -2.60. The van der Waals surface area contributed by atoms with E-state index in [-0.39, 0.29) is 42.9 Å². The summed E-state index contributed by atoms with van der Waals surface area (Å²) in [5.74, 6) is 3.77. The fourth-order valence-corrected chi connectivity index (χ4v) is 11.1. The first-order valence-corrected chi connectivity index (χ1v) is 25.8. The first kappa shape index (κ1) is 58.6. The number of carbonyl (C=O) groups excluding carboxylic acids is 1. The number of benzene rings is 1. The summed E-state index contributed by atoms with van der Waals surface area (Å²) < 4.78 is 39.9. The Balaban J connectivity index is 1.38. The molecule has 0 amide bonds. The molecule has 3 aliphatic heterocycles. The molecular formula is C55H87N3O13. The molecule has 5 rings (SSSR count). The van der Waals surface area contributed by atoms with Crippen LogP contribution in [0.3, 0.4) is 0 Å². The largest absolute Gasteiger partial charge is 0.459 e. The normalized spacial score (nSPS) is 39.2. The monoisotopic (exact) mass is 998 g/mol. The molecule has 5 N–H and O–H groups in total. The first-order chi connectivity index (χ1) is 33.2. The van der Waals surface area contributed by atoms with Crippen molar-refractivity contribution in [2.75, 3.05) is 34.3 Å². The zero-order valence-corrected chi connectivity index (χ0v) is 44.9. The Morgan fingerprint density at radius 3 is 2.23 bits per heavy atom. The lowest BCUT2D eigenvalue weighted by Gasteiger charge is -2.49. The highest BCUT2D eigenvalue weighted by molar-refractivity contribution is 5.73. The Kier molecular flexibility index (Phi) is 20.5. The van der Waals surface area contributed by atoms with Crippen molar-refractivity contribution < 1.29 is 58.7 Å². The molecule has 0 aliphatic carbocycles. The molecule has 3 saturated heterocycles. The van der Waals surface area contributed by atoms with Crippen LogP contribution in [0.5, 0.6) is 0 Å². The fourth-order valence-electron chi connectivity index (χ4n) is 11.1. The topological polar surface area (TPSA) is 202 Å². The third kappa shape index (κ3) is 14.3. The summed E-state index contributed by atoms with van der Waals surface area (Å²) in [4.78, 5) is 30.9. The summed E-state index contributed by atoms with van der Waals surface area (Å²) in [6.45, 7) is 20.7. The Bertz CT molecular complexity index is 2140. The molecule has 16 heteroatoms. The average Bonchev–Trinajstić information content (AvgIpc) is 3.31. The van der Waals surface area contributed by atoms with Crippen LogP contribution in [-0.2, 0) is 33.2 Å². The molecule has 71 heavy (non-hydrogen) atoms. The van der Waals surface area contributed by atoms with Gasteiger partial charge in [-0.15, -0.1) is 0 Å². The van der Waals surface area contributed by atoms with Gasteiger partial charge >= 0.3 is 5.97 Å². The third-order valence-electron chi connectivity index (χ3n) is 15.6. The van der Waals surface area contributed by atoms with E-state index in [2.05, 4.69) is 16.7 Å². The second-order valence-corrected chi connectivity index (χ2v) is 21.9. The van der Waals surface area contributed by atoms with E-state index >= 15 is 0 Å². The second kappa shape index (κ2) is 24.8. The van der Waals surface area contributed by atoms with Crippen molar-refractivity contribution in [2.45, 2.75) is 211 Å². The number of hydrogen-bond acceptors (Lipinski definition) is 15. The van der Waals surface area contributed by atoms with E-state index in [0.717, 1.165) is 29.7 Å². The van der Waals surface area contributed by atoms with Crippen molar-refractivity contribution in [1.82, 2.24) is 14.4 Å². The second-order valence-electron chi connectivity index (χ2n) is 21.9. The van der Waals surface area contributed by atoms with Gasteiger partial charge in [-0.25, -0.2) is 0 Å². The van der Waals surface area contributed by atoms with Gasteiger partial charge in [-0.2, -0.15) is 0 Å². The molecule has 18 atom stereocenters. The molecule has 0 saturated carbocycles. The molecule has 0 spiro atoms. The number of aliphatic hydroxyl groups excluding tert-OH is 3. The standard InChI is InChI=1S/C55H87N3O13/c1-15-43-55(11,65)48(61)38(7)57(13)31-34(3)29-53(9,64)50(36(5)47(37(6)51(63)69-43)70-45-30-54(10,66-14)49(62)39(8)68-45)71-52-46(60)42(28-35(4)67-52)56(12)27-19-17-16-18-20-40-22-24-41(25-23-40)58-32-33(2)21-26-44(58)59/h21-26,32,34-39,42-43,45-50,52,60-62,64-65H,15-17,19,27-31H2,1-14H3/t34-,35-,36+,37-,38-,39+,42+,43-,45+,46-,47+,48-,49+,50-,52+,53-,54-,55-/m1/s1. The van der Waals surface area contributed by atoms with Gasteiger partial charge in [0.05, 0.1) is 41.5 Å². The molecule has 3 fully saturated rings. The predicted molar refractivity (Wildman–Crippen MR) is 271 cm³/mol. The van der Waals surface area contributed by atoms with Crippen molar-refractivity contribution in [3.63, 3.8) is 0 Å². The number of aryl methyl sites for hydroxylation is 1. The van der Waals surface area contributed by atoms with Crippen molar-refractivity contribution in [1.29, 1.82) is 0 Å². The summed E-state index contributed by atoms with van der Waals surface area (Å²) in [6.07, 6.45) is -4.64. The summed E-state index contributed by atoms with van der Waals surface area (Å²) in [5, 5.41) is 59.6. The summed E-state index contributed by atoms with van der Waals surface area (Å²) >= 11 is 0. The molecule has 1 aromatic carbocycles. The van der Waals surface area contributed by atoms with Crippen LogP contribution in [0.1, 0.15) is 125 Å². The third-order valence-corrected chi connectivity index (χ3v) is 15.6. The molecule has 400 valence electrons. The number of nitrogens with zero attached hydrogens (tertiary/aromatic N) is 3. The van der Waals surface area contributed by atoms with Gasteiger partial charge in [0.25, 0.3) is 5.56 Å². The minimum Gasteiger partial charge on any atom is -0.459 e. The number of methoxy groups -OCH3 is 1. The first-order valence-electron chi connectivity index (χ1n) is 25.8. The van der Waals surface area contributed by atoms with Crippen molar-refractivity contribution in [3.8, 4) is 17.5 Å². The van der Waals surface area contributed by atoms with Crippen LogP contribution in [0.4, 0.5) is 0 Å². The highest BCUT2D eigenvalue weighted by atomic mass is 16.7. The van der Waals surface area contributed by atoms with Gasteiger partial charge in [0.1, 0.15) is 30.0 Å². The number of hydrogen-bond donors (Lipinski definition) is 5. The summed E-state index contributed by atoms with van der Waals surface area (Å²) in [6, 6.07) is 10.1. The van der Waals surface area contributed by atoms with Crippen LogP contribution in [0.15, 0.2) is 47.4 Å².